The predicted octanol–water partition coefficient (Wildman–Crippen LogP) is 3.35. The zero-order valence-corrected chi connectivity index (χ0v) is 13.1. The summed E-state index contributed by atoms with van der Waals surface area (Å²) >= 11 is 3.32. The highest BCUT2D eigenvalue weighted by Crippen LogP contribution is 2.28. The lowest BCUT2D eigenvalue weighted by Crippen LogP contribution is -2.24. The Kier molecular flexibility index (Phi) is 4.73. The normalized spacial score (nSPS) is 17.3. The van der Waals surface area contributed by atoms with E-state index < -0.39 is 10.0 Å². The predicted molar refractivity (Wildman–Crippen MR) is 82.5 cm³/mol. The molecule has 0 radical (unpaired) electrons. The van der Waals surface area contributed by atoms with E-state index in [-0.39, 0.29) is 5.75 Å². The van der Waals surface area contributed by atoms with Gasteiger partial charge in [0.1, 0.15) is 0 Å². The van der Waals surface area contributed by atoms with Gasteiger partial charge < -0.3 is 5.73 Å². The topological polar surface area (TPSA) is 72.2 Å². The smallest absolute Gasteiger partial charge is 0.233 e. The first kappa shape index (κ1) is 14.7. The highest BCUT2D eigenvalue weighted by Gasteiger charge is 2.21. The number of halogens is 1. The summed E-state index contributed by atoms with van der Waals surface area (Å²) in [5, 5.41) is 0. The van der Waals surface area contributed by atoms with Gasteiger partial charge in [0.05, 0.1) is 11.4 Å². The minimum Gasteiger partial charge on any atom is -0.399 e. The lowest BCUT2D eigenvalue weighted by atomic mass is 9.91. The number of hydrogen-bond donors (Lipinski definition) is 2. The fourth-order valence-corrected chi connectivity index (χ4v) is 4.66. The van der Waals surface area contributed by atoms with Crippen molar-refractivity contribution >= 4 is 37.3 Å². The first-order valence-electron chi connectivity index (χ1n) is 6.52. The van der Waals surface area contributed by atoms with E-state index in [1.54, 1.807) is 18.2 Å². The van der Waals surface area contributed by atoms with E-state index in [9.17, 15) is 8.42 Å². The summed E-state index contributed by atoms with van der Waals surface area (Å²) in [4.78, 5) is 0. The van der Waals surface area contributed by atoms with Crippen molar-refractivity contribution < 1.29 is 8.42 Å². The minimum absolute atomic E-state index is 0.212. The number of anilines is 2. The number of nitrogen functional groups attached to an aromatic ring is 1. The standard InChI is InChI=1S/C13H19BrN2O2S/c14-12-8-11(15)6-7-13(12)16-19(17,18)9-10-4-2-1-3-5-10/h6-8,10,16H,1-5,9,15H2. The van der Waals surface area contributed by atoms with Crippen LogP contribution in [0, 0.1) is 5.92 Å². The van der Waals surface area contributed by atoms with Gasteiger partial charge in [0.15, 0.2) is 0 Å². The molecule has 0 bridgehead atoms. The van der Waals surface area contributed by atoms with Crippen LogP contribution in [0.3, 0.4) is 0 Å². The first-order valence-corrected chi connectivity index (χ1v) is 8.96. The molecule has 1 aromatic carbocycles. The van der Waals surface area contributed by atoms with Crippen molar-refractivity contribution in [1.82, 2.24) is 0 Å². The molecular formula is C13H19BrN2O2S. The van der Waals surface area contributed by atoms with Crippen molar-refractivity contribution in [3.05, 3.63) is 22.7 Å². The zero-order valence-electron chi connectivity index (χ0n) is 10.7. The lowest BCUT2D eigenvalue weighted by Gasteiger charge is -2.21. The monoisotopic (exact) mass is 346 g/mol. The molecule has 1 aliphatic rings. The van der Waals surface area contributed by atoms with Gasteiger partial charge in [0.25, 0.3) is 0 Å². The van der Waals surface area contributed by atoms with Crippen LogP contribution >= 0.6 is 15.9 Å². The van der Waals surface area contributed by atoms with E-state index in [1.165, 1.54) is 6.42 Å². The van der Waals surface area contributed by atoms with Gasteiger partial charge in [-0.25, -0.2) is 8.42 Å². The summed E-state index contributed by atoms with van der Waals surface area (Å²) in [6.07, 6.45) is 5.55. The van der Waals surface area contributed by atoms with Crippen molar-refractivity contribution in [1.29, 1.82) is 0 Å². The summed E-state index contributed by atoms with van der Waals surface area (Å²) in [6, 6.07) is 5.06. The van der Waals surface area contributed by atoms with Gasteiger partial charge in [-0.2, -0.15) is 0 Å². The molecule has 19 heavy (non-hydrogen) atoms. The van der Waals surface area contributed by atoms with Crippen LogP contribution in [0.1, 0.15) is 32.1 Å². The molecule has 0 aliphatic heterocycles. The Morgan fingerprint density at radius 3 is 2.58 bits per heavy atom. The Bertz CT molecular complexity index is 540. The zero-order chi connectivity index (χ0) is 13.9. The maximum Gasteiger partial charge on any atom is 0.233 e. The molecule has 0 spiro atoms. The van der Waals surface area contributed by atoms with Gasteiger partial charge in [0.2, 0.25) is 10.0 Å². The van der Waals surface area contributed by atoms with Crippen LogP contribution in [0.15, 0.2) is 22.7 Å². The molecule has 0 aromatic heterocycles. The molecule has 1 saturated carbocycles. The molecule has 6 heteroatoms. The van der Waals surface area contributed by atoms with E-state index in [1.807, 2.05) is 0 Å². The summed E-state index contributed by atoms with van der Waals surface area (Å²) in [6.45, 7) is 0. The maximum absolute atomic E-state index is 12.1. The molecule has 0 saturated heterocycles. The second-order valence-corrected chi connectivity index (χ2v) is 7.75. The third-order valence-corrected chi connectivity index (χ3v) is 5.54. The number of sulfonamides is 1. The second kappa shape index (κ2) is 6.13. The van der Waals surface area contributed by atoms with Crippen molar-refractivity contribution in [3.63, 3.8) is 0 Å². The number of nitrogens with two attached hydrogens (primary N) is 1. The third kappa shape index (κ3) is 4.38. The van der Waals surface area contributed by atoms with E-state index in [0.29, 0.717) is 21.8 Å². The van der Waals surface area contributed by atoms with Crippen LogP contribution in [0.5, 0.6) is 0 Å². The quantitative estimate of drug-likeness (QED) is 0.821. The fourth-order valence-electron chi connectivity index (χ4n) is 2.49. The van der Waals surface area contributed by atoms with Crippen LogP contribution in [-0.2, 0) is 10.0 Å². The molecule has 1 aromatic rings. The lowest BCUT2D eigenvalue weighted by molar-refractivity contribution is 0.385. The van der Waals surface area contributed by atoms with Gasteiger partial charge in [-0.3, -0.25) is 4.72 Å². The van der Waals surface area contributed by atoms with Gasteiger partial charge >= 0.3 is 0 Å². The molecule has 0 amide bonds. The summed E-state index contributed by atoms with van der Waals surface area (Å²) < 4.78 is 27.6. The molecule has 0 heterocycles. The first-order chi connectivity index (χ1) is 8.96. The van der Waals surface area contributed by atoms with Crippen LogP contribution in [0.4, 0.5) is 11.4 Å². The van der Waals surface area contributed by atoms with Crippen LogP contribution in [0.2, 0.25) is 0 Å². The van der Waals surface area contributed by atoms with Crippen molar-refractivity contribution in [2.24, 2.45) is 5.92 Å². The Hall–Kier alpha value is -0.750. The van der Waals surface area contributed by atoms with Gasteiger partial charge in [-0.05, 0) is 52.9 Å². The van der Waals surface area contributed by atoms with Crippen molar-refractivity contribution in [2.75, 3.05) is 16.2 Å². The van der Waals surface area contributed by atoms with Gasteiger partial charge in [0, 0.05) is 10.2 Å². The molecule has 1 aliphatic carbocycles. The van der Waals surface area contributed by atoms with Crippen LogP contribution in [-0.4, -0.2) is 14.2 Å². The summed E-state index contributed by atoms with van der Waals surface area (Å²) in [5.74, 6) is 0.503. The number of hydrogen-bond acceptors (Lipinski definition) is 3. The van der Waals surface area contributed by atoms with E-state index >= 15 is 0 Å². The number of rotatable bonds is 4. The molecule has 4 nitrogen and oxygen atoms in total. The SMILES string of the molecule is Nc1ccc(NS(=O)(=O)CC2CCCCC2)c(Br)c1. The maximum atomic E-state index is 12.1. The molecule has 0 atom stereocenters. The Labute approximate surface area is 122 Å². The molecule has 0 unspecified atom stereocenters. The second-order valence-electron chi connectivity index (χ2n) is 5.13. The van der Waals surface area contributed by atoms with E-state index in [4.69, 9.17) is 5.73 Å². The van der Waals surface area contributed by atoms with Crippen molar-refractivity contribution in [3.8, 4) is 0 Å². The number of nitrogens with one attached hydrogen (secondary N) is 1. The third-order valence-electron chi connectivity index (χ3n) is 3.44. The molecule has 106 valence electrons. The summed E-state index contributed by atoms with van der Waals surface area (Å²) in [7, 11) is -3.29. The number of benzene rings is 1. The Morgan fingerprint density at radius 1 is 1.26 bits per heavy atom. The average molecular weight is 347 g/mol. The summed E-state index contributed by atoms with van der Waals surface area (Å²) in [5.41, 5.74) is 6.78. The Morgan fingerprint density at radius 2 is 1.95 bits per heavy atom. The highest BCUT2D eigenvalue weighted by atomic mass is 79.9. The molecular weight excluding hydrogens is 328 g/mol. The van der Waals surface area contributed by atoms with Gasteiger partial charge in [-0.15, -0.1) is 0 Å². The Balaban J connectivity index is 2.03. The largest absolute Gasteiger partial charge is 0.399 e. The fraction of sp³-hybridized carbons (Fsp3) is 0.538. The van der Waals surface area contributed by atoms with E-state index in [0.717, 1.165) is 25.7 Å². The van der Waals surface area contributed by atoms with Crippen LogP contribution < -0.4 is 10.5 Å². The van der Waals surface area contributed by atoms with Crippen LogP contribution in [0.25, 0.3) is 0 Å². The van der Waals surface area contributed by atoms with E-state index in [2.05, 4.69) is 20.7 Å². The molecule has 1 fully saturated rings. The minimum atomic E-state index is -3.29. The molecule has 2 rings (SSSR count). The van der Waals surface area contributed by atoms with Crippen molar-refractivity contribution in [2.45, 2.75) is 32.1 Å². The average Bonchev–Trinajstić information content (AvgIpc) is 2.33. The van der Waals surface area contributed by atoms with Gasteiger partial charge in [-0.1, -0.05) is 19.3 Å². The molecule has 3 N–H and O–H groups in total. The highest BCUT2D eigenvalue weighted by molar-refractivity contribution is 9.10.